The van der Waals surface area contributed by atoms with Gasteiger partial charge in [-0.1, -0.05) is 48.5 Å². The topological polar surface area (TPSA) is 46.5 Å². The molecule has 0 aromatic heterocycles. The molecule has 3 nitrogen and oxygen atoms in total. The monoisotopic (exact) mass is 442 g/mol. The molecule has 0 spiro atoms. The lowest BCUT2D eigenvalue weighted by Gasteiger charge is -2.57. The van der Waals surface area contributed by atoms with Gasteiger partial charge in [0.05, 0.1) is 7.11 Å². The van der Waals surface area contributed by atoms with Crippen LogP contribution in [-0.2, 0) is 16.6 Å². The zero-order valence-electron chi connectivity index (χ0n) is 19.5. The molecule has 0 unspecified atom stereocenters. The van der Waals surface area contributed by atoms with Gasteiger partial charge in [-0.2, -0.15) is 0 Å². The molecule has 0 heterocycles. The largest absolute Gasteiger partial charge is 0.496 e. The summed E-state index contributed by atoms with van der Waals surface area (Å²) in [6, 6.07) is 16.9. The first-order valence-electron chi connectivity index (χ1n) is 12.4. The predicted octanol–water partition coefficient (Wildman–Crippen LogP) is 6.82. The third kappa shape index (κ3) is 4.64. The van der Waals surface area contributed by atoms with Crippen LogP contribution in [0, 0.1) is 17.8 Å². The molecule has 4 aliphatic carbocycles. The fraction of sp³-hybridized carbons (Fsp3) is 0.433. The summed E-state index contributed by atoms with van der Waals surface area (Å²) in [6.45, 7) is 0. The van der Waals surface area contributed by atoms with E-state index in [4.69, 9.17) is 9.84 Å². The molecule has 2 aromatic carbocycles. The molecule has 33 heavy (non-hydrogen) atoms. The minimum atomic E-state index is -0.929. The molecule has 6 rings (SSSR count). The summed E-state index contributed by atoms with van der Waals surface area (Å²) >= 11 is 0. The Bertz CT molecular complexity index is 1030. The van der Waals surface area contributed by atoms with E-state index in [0.29, 0.717) is 5.41 Å². The van der Waals surface area contributed by atoms with Gasteiger partial charge in [-0.3, -0.25) is 0 Å². The quantitative estimate of drug-likeness (QED) is 0.360. The molecule has 1 N–H and O–H groups in total. The molecule has 4 saturated carbocycles. The molecule has 0 amide bonds. The number of ether oxygens (including phenoxy) is 1. The lowest BCUT2D eigenvalue weighted by molar-refractivity contribution is -0.131. The van der Waals surface area contributed by atoms with E-state index in [-0.39, 0.29) is 0 Å². The second kappa shape index (κ2) is 9.21. The summed E-state index contributed by atoms with van der Waals surface area (Å²) in [5.74, 6) is 2.89. The van der Waals surface area contributed by atoms with Gasteiger partial charge in [0.2, 0.25) is 0 Å². The second-order valence-corrected chi connectivity index (χ2v) is 10.5. The minimum Gasteiger partial charge on any atom is -0.496 e. The predicted molar refractivity (Wildman–Crippen MR) is 132 cm³/mol. The molecular formula is C30H34O3. The van der Waals surface area contributed by atoms with E-state index in [0.717, 1.165) is 47.5 Å². The van der Waals surface area contributed by atoms with Crippen molar-refractivity contribution in [2.45, 2.75) is 56.8 Å². The number of hydrogen-bond acceptors (Lipinski definition) is 2. The highest BCUT2D eigenvalue weighted by Crippen LogP contribution is 2.61. The van der Waals surface area contributed by atoms with E-state index in [1.165, 1.54) is 55.7 Å². The van der Waals surface area contributed by atoms with E-state index in [9.17, 15) is 4.79 Å². The van der Waals surface area contributed by atoms with Crippen molar-refractivity contribution in [1.82, 2.24) is 0 Å². The molecule has 4 fully saturated rings. The van der Waals surface area contributed by atoms with Crippen molar-refractivity contribution in [1.29, 1.82) is 0 Å². The Morgan fingerprint density at radius 1 is 1.00 bits per heavy atom. The molecule has 172 valence electrons. The van der Waals surface area contributed by atoms with Crippen molar-refractivity contribution in [2.75, 3.05) is 7.11 Å². The third-order valence-corrected chi connectivity index (χ3v) is 8.19. The summed E-state index contributed by atoms with van der Waals surface area (Å²) < 4.78 is 5.95. The number of hydrogen-bond donors (Lipinski definition) is 1. The Balaban J connectivity index is 1.34. The van der Waals surface area contributed by atoms with Crippen LogP contribution < -0.4 is 4.74 Å². The van der Waals surface area contributed by atoms with Crippen molar-refractivity contribution >= 4 is 11.5 Å². The first-order chi connectivity index (χ1) is 16.0. The van der Waals surface area contributed by atoms with Crippen LogP contribution in [0.4, 0.5) is 0 Å². The van der Waals surface area contributed by atoms with Gasteiger partial charge >= 0.3 is 5.97 Å². The van der Waals surface area contributed by atoms with E-state index in [1.807, 2.05) is 37.4 Å². The van der Waals surface area contributed by atoms with Crippen LogP contribution in [0.1, 0.15) is 61.6 Å². The molecular weight excluding hydrogens is 408 g/mol. The molecule has 2 aromatic rings. The number of carbonyl (C=O) groups is 1. The smallest absolute Gasteiger partial charge is 0.328 e. The number of benzene rings is 2. The first kappa shape index (κ1) is 22.0. The Kier molecular flexibility index (Phi) is 6.14. The Morgan fingerprint density at radius 3 is 2.27 bits per heavy atom. The number of allylic oxidation sites excluding steroid dienone is 3. The summed E-state index contributed by atoms with van der Waals surface area (Å²) in [6.07, 6.45) is 15.1. The Labute approximate surface area is 197 Å². The zero-order chi connectivity index (χ0) is 22.8. The number of carboxylic acid groups (broad SMARTS) is 1. The first-order valence-corrected chi connectivity index (χ1v) is 12.4. The summed E-state index contributed by atoms with van der Waals surface area (Å²) in [5.41, 5.74) is 5.02. The van der Waals surface area contributed by atoms with Gasteiger partial charge in [-0.15, -0.1) is 0 Å². The number of methoxy groups -OCH3 is 1. The van der Waals surface area contributed by atoms with Crippen LogP contribution in [0.2, 0.25) is 0 Å². The molecule has 0 aliphatic heterocycles. The van der Waals surface area contributed by atoms with Gasteiger partial charge in [0.25, 0.3) is 0 Å². The van der Waals surface area contributed by atoms with Crippen molar-refractivity contribution in [2.24, 2.45) is 17.8 Å². The maximum atomic E-state index is 11.0. The summed E-state index contributed by atoms with van der Waals surface area (Å²) in [5, 5.41) is 9.06. The van der Waals surface area contributed by atoms with Crippen molar-refractivity contribution in [3.8, 4) is 5.75 Å². The fourth-order valence-electron chi connectivity index (χ4n) is 7.24. The number of carboxylic acids is 1. The Hall–Kier alpha value is -2.81. The summed E-state index contributed by atoms with van der Waals surface area (Å²) in [4.78, 5) is 11.0. The highest BCUT2D eigenvalue weighted by Gasteiger charge is 2.52. The molecule has 0 atom stereocenters. The van der Waals surface area contributed by atoms with E-state index in [2.05, 4.69) is 24.3 Å². The van der Waals surface area contributed by atoms with Gasteiger partial charge in [-0.05, 0) is 103 Å². The average molecular weight is 443 g/mol. The fourth-order valence-corrected chi connectivity index (χ4v) is 7.24. The van der Waals surface area contributed by atoms with Crippen molar-refractivity contribution < 1.29 is 14.6 Å². The minimum absolute atomic E-state index is 0.334. The van der Waals surface area contributed by atoms with Gasteiger partial charge in [0, 0.05) is 11.6 Å². The van der Waals surface area contributed by atoms with Crippen LogP contribution in [0.15, 0.2) is 66.8 Å². The van der Waals surface area contributed by atoms with Crippen LogP contribution in [0.25, 0.3) is 5.57 Å². The van der Waals surface area contributed by atoms with Gasteiger partial charge in [0.1, 0.15) is 5.75 Å². The molecule has 4 bridgehead atoms. The van der Waals surface area contributed by atoms with Crippen LogP contribution in [0.3, 0.4) is 0 Å². The van der Waals surface area contributed by atoms with E-state index in [1.54, 1.807) is 6.08 Å². The average Bonchev–Trinajstić information content (AvgIpc) is 2.80. The standard InChI is InChI=1S/C30H34O3/c1-33-28-17-21(6-5-9-26(11-13-29(31)32)25-7-3-2-4-8-25)10-12-27(28)30-18-22-14-23(19-30)16-24(15-22)20-30/h2-4,7-13,17,22-24H,5-6,14-16,18-20H2,1H3,(H,31,32)/b13-11?,26-9-. The summed E-state index contributed by atoms with van der Waals surface area (Å²) in [7, 11) is 1.81. The van der Waals surface area contributed by atoms with Gasteiger partial charge in [0.15, 0.2) is 0 Å². The lowest BCUT2D eigenvalue weighted by Crippen LogP contribution is -2.48. The van der Waals surface area contributed by atoms with E-state index < -0.39 is 5.97 Å². The third-order valence-electron chi connectivity index (χ3n) is 8.19. The van der Waals surface area contributed by atoms with Crippen LogP contribution in [0.5, 0.6) is 5.75 Å². The second-order valence-electron chi connectivity index (χ2n) is 10.5. The number of aliphatic carboxylic acids is 1. The molecule has 0 saturated heterocycles. The SMILES string of the molecule is COc1cc(CC/C=C(/C=CC(=O)O)c2ccccc2)ccc1C12CC3CC(CC(C3)C1)C2. The molecule has 0 radical (unpaired) electrons. The van der Waals surface area contributed by atoms with Crippen molar-refractivity contribution in [3.05, 3.63) is 83.4 Å². The highest BCUT2D eigenvalue weighted by atomic mass is 16.5. The van der Waals surface area contributed by atoms with Gasteiger partial charge < -0.3 is 9.84 Å². The number of rotatable bonds is 8. The van der Waals surface area contributed by atoms with Crippen LogP contribution >= 0.6 is 0 Å². The maximum absolute atomic E-state index is 11.0. The highest BCUT2D eigenvalue weighted by molar-refractivity contribution is 5.85. The van der Waals surface area contributed by atoms with E-state index >= 15 is 0 Å². The normalized spacial score (nSPS) is 28.4. The molecule has 4 aliphatic rings. The maximum Gasteiger partial charge on any atom is 0.328 e. The van der Waals surface area contributed by atoms with Gasteiger partial charge in [-0.25, -0.2) is 4.79 Å². The van der Waals surface area contributed by atoms with Crippen molar-refractivity contribution in [3.63, 3.8) is 0 Å². The Morgan fingerprint density at radius 2 is 1.67 bits per heavy atom. The zero-order valence-corrected chi connectivity index (χ0v) is 19.5. The number of aryl methyl sites for hydroxylation is 1. The van der Waals surface area contributed by atoms with Crippen LogP contribution in [-0.4, -0.2) is 18.2 Å². The molecule has 3 heteroatoms. The lowest BCUT2D eigenvalue weighted by atomic mass is 9.48.